The summed E-state index contributed by atoms with van der Waals surface area (Å²) in [4.78, 5) is 17.8. The molecule has 6 nitrogen and oxygen atoms in total. The number of carbonyl (C=O) groups excluding carboxylic acids is 1. The molecule has 2 heterocycles. The first-order valence-electron chi connectivity index (χ1n) is 7.37. The van der Waals surface area contributed by atoms with Crippen LogP contribution in [0.15, 0.2) is 48.7 Å². The van der Waals surface area contributed by atoms with Crippen molar-refractivity contribution >= 4 is 5.91 Å². The molecule has 1 saturated heterocycles. The Kier molecular flexibility index (Phi) is 4.61. The summed E-state index contributed by atoms with van der Waals surface area (Å²) in [5.74, 6) is 1.92. The predicted molar refractivity (Wildman–Crippen MR) is 83.7 cm³/mol. The third-order valence-electron chi connectivity index (χ3n) is 3.55. The maximum atomic E-state index is 12.0. The number of rotatable bonds is 6. The molecule has 1 aliphatic heterocycles. The smallest absolute Gasteiger partial charge is 0.260 e. The third kappa shape index (κ3) is 3.91. The molecule has 0 radical (unpaired) electrons. The molecule has 0 atom stereocenters. The molecule has 0 unspecified atom stereocenters. The number of ether oxygens (including phenoxy) is 3. The fourth-order valence-electron chi connectivity index (χ4n) is 2.21. The summed E-state index contributed by atoms with van der Waals surface area (Å²) in [5, 5.41) is 0. The first-order chi connectivity index (χ1) is 11.2. The van der Waals surface area contributed by atoms with Gasteiger partial charge in [-0.3, -0.25) is 4.79 Å². The van der Waals surface area contributed by atoms with Gasteiger partial charge in [-0.2, -0.15) is 0 Å². The Labute approximate surface area is 134 Å². The van der Waals surface area contributed by atoms with Crippen molar-refractivity contribution in [3.8, 4) is 17.4 Å². The molecule has 1 amide bonds. The molecule has 6 heteroatoms. The van der Waals surface area contributed by atoms with Gasteiger partial charge in [-0.25, -0.2) is 4.98 Å². The fourth-order valence-corrected chi connectivity index (χ4v) is 2.21. The standard InChI is InChI=1S/C17H18N2O4/c1-21-13-5-7-14(8-6-13)22-12-17(20)19-10-15(11-19)23-16-4-2-3-9-18-16/h2-9,15H,10-12H2,1H3. The van der Waals surface area contributed by atoms with Crippen LogP contribution in [0.1, 0.15) is 0 Å². The highest BCUT2D eigenvalue weighted by molar-refractivity contribution is 5.78. The number of pyridine rings is 1. The number of amides is 1. The zero-order chi connectivity index (χ0) is 16.1. The fraction of sp³-hybridized carbons (Fsp3) is 0.294. The van der Waals surface area contributed by atoms with E-state index in [1.54, 1.807) is 48.5 Å². The van der Waals surface area contributed by atoms with Crippen molar-refractivity contribution in [2.24, 2.45) is 0 Å². The van der Waals surface area contributed by atoms with Crippen LogP contribution in [-0.2, 0) is 4.79 Å². The van der Waals surface area contributed by atoms with Crippen molar-refractivity contribution in [2.75, 3.05) is 26.8 Å². The van der Waals surface area contributed by atoms with Gasteiger partial charge in [0.25, 0.3) is 5.91 Å². The molecular formula is C17H18N2O4. The number of hydrogen-bond acceptors (Lipinski definition) is 5. The van der Waals surface area contributed by atoms with Crippen LogP contribution >= 0.6 is 0 Å². The van der Waals surface area contributed by atoms with E-state index in [1.807, 2.05) is 12.1 Å². The van der Waals surface area contributed by atoms with E-state index in [-0.39, 0.29) is 18.6 Å². The lowest BCUT2D eigenvalue weighted by Gasteiger charge is -2.38. The Hall–Kier alpha value is -2.76. The molecule has 2 aromatic rings. The summed E-state index contributed by atoms with van der Waals surface area (Å²) in [6.45, 7) is 1.13. The molecule has 1 aromatic carbocycles. The molecule has 0 bridgehead atoms. The lowest BCUT2D eigenvalue weighted by Crippen LogP contribution is -2.57. The van der Waals surface area contributed by atoms with Gasteiger partial charge in [0, 0.05) is 12.3 Å². The highest BCUT2D eigenvalue weighted by Crippen LogP contribution is 2.18. The van der Waals surface area contributed by atoms with Gasteiger partial charge in [-0.15, -0.1) is 0 Å². The van der Waals surface area contributed by atoms with Gasteiger partial charge in [0.15, 0.2) is 6.61 Å². The van der Waals surface area contributed by atoms with Crippen LogP contribution in [0.2, 0.25) is 0 Å². The Morgan fingerprint density at radius 2 is 1.91 bits per heavy atom. The molecule has 3 rings (SSSR count). The summed E-state index contributed by atoms with van der Waals surface area (Å²) in [6, 6.07) is 12.6. The van der Waals surface area contributed by atoms with Gasteiger partial charge in [0.05, 0.1) is 20.2 Å². The number of methoxy groups -OCH3 is 1. The van der Waals surface area contributed by atoms with E-state index in [2.05, 4.69) is 4.98 Å². The van der Waals surface area contributed by atoms with Gasteiger partial charge in [-0.1, -0.05) is 6.07 Å². The largest absolute Gasteiger partial charge is 0.497 e. The van der Waals surface area contributed by atoms with E-state index in [0.717, 1.165) is 5.75 Å². The van der Waals surface area contributed by atoms with E-state index >= 15 is 0 Å². The van der Waals surface area contributed by atoms with Crippen molar-refractivity contribution in [2.45, 2.75) is 6.10 Å². The quantitative estimate of drug-likeness (QED) is 0.813. The molecule has 0 N–H and O–H groups in total. The minimum absolute atomic E-state index is 0.00478. The summed E-state index contributed by atoms with van der Waals surface area (Å²) in [6.07, 6.45) is 1.68. The first kappa shape index (κ1) is 15.1. The topological polar surface area (TPSA) is 60.9 Å². The van der Waals surface area contributed by atoms with Gasteiger partial charge >= 0.3 is 0 Å². The van der Waals surface area contributed by atoms with Crippen molar-refractivity contribution in [3.63, 3.8) is 0 Å². The number of benzene rings is 1. The number of likely N-dealkylation sites (tertiary alicyclic amines) is 1. The normalized spacial score (nSPS) is 14.0. The zero-order valence-corrected chi connectivity index (χ0v) is 12.8. The van der Waals surface area contributed by atoms with Gasteiger partial charge in [0.1, 0.15) is 17.6 Å². The van der Waals surface area contributed by atoms with E-state index in [0.29, 0.717) is 24.7 Å². The third-order valence-corrected chi connectivity index (χ3v) is 3.55. The average Bonchev–Trinajstić information content (AvgIpc) is 2.57. The summed E-state index contributed by atoms with van der Waals surface area (Å²) in [7, 11) is 1.60. The SMILES string of the molecule is COc1ccc(OCC(=O)N2CC(Oc3ccccn3)C2)cc1. The summed E-state index contributed by atoms with van der Waals surface area (Å²) in [5.41, 5.74) is 0. The monoisotopic (exact) mass is 314 g/mol. The number of aromatic nitrogens is 1. The highest BCUT2D eigenvalue weighted by Gasteiger charge is 2.32. The molecule has 1 aromatic heterocycles. The average molecular weight is 314 g/mol. The maximum absolute atomic E-state index is 12.0. The van der Waals surface area contributed by atoms with E-state index in [1.165, 1.54) is 0 Å². The van der Waals surface area contributed by atoms with Crippen LogP contribution in [0.5, 0.6) is 17.4 Å². The molecule has 23 heavy (non-hydrogen) atoms. The lowest BCUT2D eigenvalue weighted by molar-refractivity contribution is -0.142. The Bertz CT molecular complexity index is 639. The lowest BCUT2D eigenvalue weighted by atomic mass is 10.1. The van der Waals surface area contributed by atoms with Crippen LogP contribution in [0.4, 0.5) is 0 Å². The highest BCUT2D eigenvalue weighted by atomic mass is 16.5. The minimum atomic E-state index is -0.0540. The van der Waals surface area contributed by atoms with Crippen molar-refractivity contribution in [1.82, 2.24) is 9.88 Å². The summed E-state index contributed by atoms with van der Waals surface area (Å²) >= 11 is 0. The Morgan fingerprint density at radius 1 is 1.17 bits per heavy atom. The van der Waals surface area contributed by atoms with Gasteiger partial charge in [-0.05, 0) is 30.3 Å². The zero-order valence-electron chi connectivity index (χ0n) is 12.8. The minimum Gasteiger partial charge on any atom is -0.497 e. The van der Waals surface area contributed by atoms with Crippen LogP contribution in [0, 0.1) is 0 Å². The second kappa shape index (κ2) is 7.00. The summed E-state index contributed by atoms with van der Waals surface area (Å²) < 4.78 is 16.2. The van der Waals surface area contributed by atoms with Crippen molar-refractivity contribution in [1.29, 1.82) is 0 Å². The van der Waals surface area contributed by atoms with Gasteiger partial charge in [0.2, 0.25) is 5.88 Å². The van der Waals surface area contributed by atoms with E-state index in [9.17, 15) is 4.79 Å². The molecular weight excluding hydrogens is 296 g/mol. The molecule has 1 fully saturated rings. The Balaban J connectivity index is 1.40. The number of hydrogen-bond donors (Lipinski definition) is 0. The second-order valence-corrected chi connectivity index (χ2v) is 5.17. The molecule has 120 valence electrons. The van der Waals surface area contributed by atoms with Crippen molar-refractivity contribution < 1.29 is 19.0 Å². The van der Waals surface area contributed by atoms with Crippen LogP contribution < -0.4 is 14.2 Å². The molecule has 1 aliphatic rings. The van der Waals surface area contributed by atoms with Crippen LogP contribution in [0.3, 0.4) is 0 Å². The predicted octanol–water partition coefficient (Wildman–Crippen LogP) is 1.76. The molecule has 0 aliphatic carbocycles. The van der Waals surface area contributed by atoms with Crippen LogP contribution in [-0.4, -0.2) is 48.7 Å². The van der Waals surface area contributed by atoms with Crippen molar-refractivity contribution in [3.05, 3.63) is 48.7 Å². The van der Waals surface area contributed by atoms with E-state index in [4.69, 9.17) is 14.2 Å². The Morgan fingerprint density at radius 3 is 2.57 bits per heavy atom. The molecule has 0 spiro atoms. The maximum Gasteiger partial charge on any atom is 0.260 e. The molecule has 0 saturated carbocycles. The van der Waals surface area contributed by atoms with Crippen LogP contribution in [0.25, 0.3) is 0 Å². The van der Waals surface area contributed by atoms with Gasteiger partial charge < -0.3 is 19.1 Å². The second-order valence-electron chi connectivity index (χ2n) is 5.17. The van der Waals surface area contributed by atoms with E-state index < -0.39 is 0 Å². The number of nitrogens with zero attached hydrogens (tertiary/aromatic N) is 2. The number of carbonyl (C=O) groups is 1. The first-order valence-corrected chi connectivity index (χ1v) is 7.37.